The summed E-state index contributed by atoms with van der Waals surface area (Å²) < 4.78 is 24.4. The average molecular weight is 289 g/mol. The van der Waals surface area contributed by atoms with E-state index in [1.165, 1.54) is 6.07 Å². The number of amides is 1. The third-order valence-electron chi connectivity index (χ3n) is 2.81. The summed E-state index contributed by atoms with van der Waals surface area (Å²) in [7, 11) is -3.62. The highest BCUT2D eigenvalue weighted by molar-refractivity contribution is 7.92. The number of carbonyl (C=O) groups excluding carboxylic acids is 1. The lowest BCUT2D eigenvalue weighted by Crippen LogP contribution is -2.23. The van der Waals surface area contributed by atoms with E-state index in [0.717, 1.165) is 0 Å². The number of aryl methyl sites for hydroxylation is 1. The van der Waals surface area contributed by atoms with Gasteiger partial charge in [-0.2, -0.15) is 0 Å². The second kappa shape index (κ2) is 5.88. The lowest BCUT2D eigenvalue weighted by Gasteiger charge is -2.08. The zero-order valence-electron chi connectivity index (χ0n) is 11.0. The Balaban J connectivity index is 2.13. The smallest absolute Gasteiger partial charge is 0.239 e. The highest BCUT2D eigenvalue weighted by atomic mass is 32.2. The maximum Gasteiger partial charge on any atom is 0.239 e. The van der Waals surface area contributed by atoms with Gasteiger partial charge in [-0.1, -0.05) is 36.4 Å². The van der Waals surface area contributed by atoms with Gasteiger partial charge in [0.15, 0.2) is 9.84 Å². The fourth-order valence-corrected chi connectivity index (χ4v) is 3.29. The highest BCUT2D eigenvalue weighted by Crippen LogP contribution is 2.16. The molecule has 20 heavy (non-hydrogen) atoms. The lowest BCUT2D eigenvalue weighted by molar-refractivity contribution is -0.113. The number of benzene rings is 2. The minimum atomic E-state index is -3.62. The zero-order chi connectivity index (χ0) is 14.6. The summed E-state index contributed by atoms with van der Waals surface area (Å²) in [5.41, 5.74) is 1.22. The van der Waals surface area contributed by atoms with Crippen LogP contribution in [0.25, 0.3) is 0 Å². The van der Waals surface area contributed by atoms with Gasteiger partial charge in [-0.25, -0.2) is 8.42 Å². The summed E-state index contributed by atoms with van der Waals surface area (Å²) in [6, 6.07) is 15.4. The van der Waals surface area contributed by atoms with E-state index < -0.39 is 21.5 Å². The maximum absolute atomic E-state index is 12.2. The van der Waals surface area contributed by atoms with Gasteiger partial charge in [0.05, 0.1) is 4.90 Å². The molecule has 1 amide bonds. The van der Waals surface area contributed by atoms with E-state index >= 15 is 0 Å². The van der Waals surface area contributed by atoms with E-state index in [4.69, 9.17) is 0 Å². The number of hydrogen-bond acceptors (Lipinski definition) is 3. The van der Waals surface area contributed by atoms with Gasteiger partial charge in [-0.15, -0.1) is 0 Å². The average Bonchev–Trinajstić information content (AvgIpc) is 2.39. The monoisotopic (exact) mass is 289 g/mol. The Kier molecular flexibility index (Phi) is 4.20. The molecule has 0 heterocycles. The quantitative estimate of drug-likeness (QED) is 0.940. The highest BCUT2D eigenvalue weighted by Gasteiger charge is 2.20. The first-order chi connectivity index (χ1) is 9.49. The van der Waals surface area contributed by atoms with E-state index in [1.54, 1.807) is 49.4 Å². The van der Waals surface area contributed by atoms with Crippen molar-refractivity contribution in [1.29, 1.82) is 0 Å². The number of para-hydroxylation sites is 1. The van der Waals surface area contributed by atoms with Crippen LogP contribution in [0.1, 0.15) is 5.56 Å². The number of nitrogens with one attached hydrogen (secondary N) is 1. The first-order valence-corrected chi connectivity index (χ1v) is 7.77. The molecule has 104 valence electrons. The molecule has 0 spiro atoms. The second-order valence-corrected chi connectivity index (χ2v) is 6.40. The molecule has 0 atom stereocenters. The first kappa shape index (κ1) is 14.3. The molecule has 2 aromatic rings. The Labute approximate surface area is 118 Å². The van der Waals surface area contributed by atoms with E-state index in [-0.39, 0.29) is 4.90 Å². The topological polar surface area (TPSA) is 63.2 Å². The third kappa shape index (κ3) is 3.45. The van der Waals surface area contributed by atoms with Crippen molar-refractivity contribution in [2.75, 3.05) is 11.1 Å². The second-order valence-electron chi connectivity index (χ2n) is 4.44. The van der Waals surface area contributed by atoms with Gasteiger partial charge in [0.2, 0.25) is 5.91 Å². The van der Waals surface area contributed by atoms with E-state index in [1.807, 2.05) is 6.07 Å². The molecule has 1 N–H and O–H groups in total. The summed E-state index contributed by atoms with van der Waals surface area (Å²) in [5.74, 6) is -1.10. The van der Waals surface area contributed by atoms with Crippen LogP contribution in [0.2, 0.25) is 0 Å². The summed E-state index contributed by atoms with van der Waals surface area (Å²) in [4.78, 5) is 12.0. The van der Waals surface area contributed by atoms with Crippen LogP contribution in [0.3, 0.4) is 0 Å². The molecule has 4 nitrogen and oxygen atoms in total. The van der Waals surface area contributed by atoms with Crippen LogP contribution < -0.4 is 5.32 Å². The summed E-state index contributed by atoms with van der Waals surface area (Å²) in [6.07, 6.45) is 0. The van der Waals surface area contributed by atoms with Gasteiger partial charge in [0, 0.05) is 5.69 Å². The van der Waals surface area contributed by atoms with Crippen LogP contribution in [0.15, 0.2) is 59.5 Å². The molecular weight excluding hydrogens is 274 g/mol. The van der Waals surface area contributed by atoms with Gasteiger partial charge >= 0.3 is 0 Å². The number of carbonyl (C=O) groups is 1. The summed E-state index contributed by atoms with van der Waals surface area (Å²) in [5, 5.41) is 2.57. The molecule has 0 saturated heterocycles. The Hall–Kier alpha value is -2.14. The van der Waals surface area contributed by atoms with Crippen molar-refractivity contribution in [3.63, 3.8) is 0 Å². The molecule has 2 aromatic carbocycles. The van der Waals surface area contributed by atoms with Crippen molar-refractivity contribution in [3.8, 4) is 0 Å². The molecule has 0 aliphatic carbocycles. The fourth-order valence-electron chi connectivity index (χ4n) is 1.87. The van der Waals surface area contributed by atoms with Gasteiger partial charge in [-0.3, -0.25) is 4.79 Å². The van der Waals surface area contributed by atoms with Gasteiger partial charge in [0.1, 0.15) is 5.75 Å². The molecule has 0 fully saturated rings. The van der Waals surface area contributed by atoms with Crippen molar-refractivity contribution in [3.05, 3.63) is 60.2 Å². The van der Waals surface area contributed by atoms with Crippen molar-refractivity contribution < 1.29 is 13.2 Å². The van der Waals surface area contributed by atoms with Crippen LogP contribution in [0.5, 0.6) is 0 Å². The first-order valence-electron chi connectivity index (χ1n) is 6.12. The number of hydrogen-bond donors (Lipinski definition) is 1. The van der Waals surface area contributed by atoms with Crippen LogP contribution >= 0.6 is 0 Å². The number of anilines is 1. The minimum Gasteiger partial charge on any atom is -0.325 e. The van der Waals surface area contributed by atoms with Gasteiger partial charge < -0.3 is 5.32 Å². The molecule has 0 aliphatic rings. The molecule has 0 radical (unpaired) electrons. The zero-order valence-corrected chi connectivity index (χ0v) is 11.9. The van der Waals surface area contributed by atoms with Crippen molar-refractivity contribution in [2.24, 2.45) is 0 Å². The molecule has 0 aliphatic heterocycles. The normalized spacial score (nSPS) is 11.1. The third-order valence-corrected chi connectivity index (χ3v) is 4.58. The minimum absolute atomic E-state index is 0.197. The Morgan fingerprint density at radius 3 is 2.25 bits per heavy atom. The molecule has 2 rings (SSSR count). The largest absolute Gasteiger partial charge is 0.325 e. The molecule has 0 aromatic heterocycles. The standard InChI is InChI=1S/C15H15NO3S/c1-12-7-5-6-10-14(12)20(18,19)11-15(17)16-13-8-3-2-4-9-13/h2-10H,11H2,1H3,(H,16,17). The predicted octanol–water partition coefficient (Wildman–Crippen LogP) is 2.41. The Morgan fingerprint density at radius 1 is 1.00 bits per heavy atom. The van der Waals surface area contributed by atoms with Crippen molar-refractivity contribution in [2.45, 2.75) is 11.8 Å². The van der Waals surface area contributed by atoms with Crippen molar-refractivity contribution >= 4 is 21.4 Å². The van der Waals surface area contributed by atoms with E-state index in [2.05, 4.69) is 5.32 Å². The predicted molar refractivity (Wildman–Crippen MR) is 78.3 cm³/mol. The van der Waals surface area contributed by atoms with Gasteiger partial charge in [0.25, 0.3) is 0 Å². The van der Waals surface area contributed by atoms with Gasteiger partial charge in [-0.05, 0) is 30.7 Å². The van der Waals surface area contributed by atoms with Crippen LogP contribution in [-0.4, -0.2) is 20.1 Å². The van der Waals surface area contributed by atoms with Crippen LogP contribution in [0, 0.1) is 6.92 Å². The number of sulfone groups is 1. The van der Waals surface area contributed by atoms with Crippen molar-refractivity contribution in [1.82, 2.24) is 0 Å². The molecule has 0 bridgehead atoms. The summed E-state index contributed by atoms with van der Waals surface area (Å²) >= 11 is 0. The van der Waals surface area contributed by atoms with E-state index in [9.17, 15) is 13.2 Å². The molecule has 0 unspecified atom stereocenters. The van der Waals surface area contributed by atoms with E-state index in [0.29, 0.717) is 11.3 Å². The van der Waals surface area contributed by atoms with Crippen LogP contribution in [-0.2, 0) is 14.6 Å². The molecule has 0 saturated carbocycles. The SMILES string of the molecule is Cc1ccccc1S(=O)(=O)CC(=O)Nc1ccccc1. The van der Waals surface area contributed by atoms with Crippen LogP contribution in [0.4, 0.5) is 5.69 Å². The fraction of sp³-hybridized carbons (Fsp3) is 0.133. The number of rotatable bonds is 4. The lowest BCUT2D eigenvalue weighted by atomic mass is 10.2. The molecular formula is C15H15NO3S. The Bertz CT molecular complexity index is 709. The molecule has 5 heteroatoms. The summed E-state index contributed by atoms with van der Waals surface area (Å²) in [6.45, 7) is 1.71. The Morgan fingerprint density at radius 2 is 1.60 bits per heavy atom. The maximum atomic E-state index is 12.2.